The third-order valence-electron chi connectivity index (χ3n) is 8.99. The molecule has 5 aliphatic rings. The van der Waals surface area contributed by atoms with E-state index in [1.165, 1.54) is 6.42 Å². The Kier molecular flexibility index (Phi) is 6.07. The summed E-state index contributed by atoms with van der Waals surface area (Å²) in [4.78, 5) is 43.5. The molecule has 1 spiro atoms. The first-order valence-electron chi connectivity index (χ1n) is 14.2. The lowest BCUT2D eigenvalue weighted by Gasteiger charge is -2.34. The first kappa shape index (κ1) is 25.1. The van der Waals surface area contributed by atoms with Crippen LogP contribution in [0.5, 0.6) is 11.5 Å². The SMILES string of the molecule is Cc1ccc(NC(=O)C2C3C=CC4(O3)C2C(=O)N(Cc2ccc3c(c2)OCO3)C4C(=O)NC2CCCCC2)cc1. The largest absolute Gasteiger partial charge is 0.454 e. The number of ether oxygens (including phenoxy) is 3. The van der Waals surface area contributed by atoms with Crippen LogP contribution in [0.15, 0.2) is 54.6 Å². The van der Waals surface area contributed by atoms with Gasteiger partial charge in [0.25, 0.3) is 0 Å². The van der Waals surface area contributed by atoms with Gasteiger partial charge in [-0.25, -0.2) is 0 Å². The summed E-state index contributed by atoms with van der Waals surface area (Å²) in [5, 5.41) is 6.20. The molecular formula is C31H33N3O6. The van der Waals surface area contributed by atoms with Crippen molar-refractivity contribution in [3.05, 3.63) is 65.7 Å². The summed E-state index contributed by atoms with van der Waals surface area (Å²) < 4.78 is 17.5. The van der Waals surface area contributed by atoms with Crippen molar-refractivity contribution in [3.8, 4) is 11.5 Å². The lowest BCUT2D eigenvalue weighted by molar-refractivity contribution is -0.142. The molecule has 4 aliphatic heterocycles. The van der Waals surface area contributed by atoms with Crippen LogP contribution in [0.1, 0.15) is 43.2 Å². The van der Waals surface area contributed by atoms with Crippen LogP contribution < -0.4 is 20.1 Å². The van der Waals surface area contributed by atoms with Crippen molar-refractivity contribution in [1.29, 1.82) is 0 Å². The fourth-order valence-corrected chi connectivity index (χ4v) is 7.06. The number of amides is 3. The van der Waals surface area contributed by atoms with Gasteiger partial charge in [-0.2, -0.15) is 0 Å². The summed E-state index contributed by atoms with van der Waals surface area (Å²) in [6.45, 7) is 2.32. The molecule has 40 heavy (non-hydrogen) atoms. The molecule has 3 amide bonds. The minimum Gasteiger partial charge on any atom is -0.454 e. The van der Waals surface area contributed by atoms with Crippen molar-refractivity contribution in [2.75, 3.05) is 12.1 Å². The number of likely N-dealkylation sites (tertiary alicyclic amines) is 1. The van der Waals surface area contributed by atoms with Gasteiger partial charge in [0.2, 0.25) is 24.5 Å². The van der Waals surface area contributed by atoms with E-state index in [9.17, 15) is 14.4 Å². The molecule has 5 unspecified atom stereocenters. The zero-order chi connectivity index (χ0) is 27.4. The molecule has 2 aromatic rings. The minimum atomic E-state index is -1.20. The van der Waals surface area contributed by atoms with Gasteiger partial charge in [0.15, 0.2) is 11.5 Å². The second-order valence-corrected chi connectivity index (χ2v) is 11.6. The fourth-order valence-electron chi connectivity index (χ4n) is 7.06. The van der Waals surface area contributed by atoms with Crippen molar-refractivity contribution in [2.45, 2.75) is 69.4 Å². The maximum absolute atomic E-state index is 14.2. The number of carbonyl (C=O) groups is 3. The summed E-state index contributed by atoms with van der Waals surface area (Å²) in [5.74, 6) is -1.05. The number of fused-ring (bicyclic) bond motifs is 2. The molecular weight excluding hydrogens is 510 g/mol. The molecule has 0 radical (unpaired) electrons. The maximum Gasteiger partial charge on any atom is 0.246 e. The monoisotopic (exact) mass is 543 g/mol. The van der Waals surface area contributed by atoms with E-state index in [1.807, 2.05) is 61.5 Å². The summed E-state index contributed by atoms with van der Waals surface area (Å²) in [6.07, 6.45) is 8.28. The Morgan fingerprint density at radius 3 is 2.58 bits per heavy atom. The highest BCUT2D eigenvalue weighted by Gasteiger charge is 2.72. The van der Waals surface area contributed by atoms with Gasteiger partial charge in [-0.15, -0.1) is 0 Å². The van der Waals surface area contributed by atoms with E-state index in [2.05, 4.69) is 10.6 Å². The zero-order valence-corrected chi connectivity index (χ0v) is 22.4. The van der Waals surface area contributed by atoms with E-state index in [1.54, 1.807) is 4.90 Å². The average Bonchev–Trinajstić information content (AvgIpc) is 3.71. The number of anilines is 1. The number of aryl methyl sites for hydroxylation is 1. The van der Waals surface area contributed by atoms with Gasteiger partial charge in [-0.3, -0.25) is 14.4 Å². The van der Waals surface area contributed by atoms with Crippen LogP contribution in [0.25, 0.3) is 0 Å². The van der Waals surface area contributed by atoms with Gasteiger partial charge in [0.1, 0.15) is 11.6 Å². The van der Waals surface area contributed by atoms with E-state index >= 15 is 0 Å². The number of carbonyl (C=O) groups excluding carboxylic acids is 3. The molecule has 1 aliphatic carbocycles. The second-order valence-electron chi connectivity index (χ2n) is 11.6. The minimum absolute atomic E-state index is 0.0717. The quantitative estimate of drug-likeness (QED) is 0.541. The van der Waals surface area contributed by atoms with Crippen LogP contribution in [0.2, 0.25) is 0 Å². The van der Waals surface area contributed by atoms with Crippen LogP contribution >= 0.6 is 0 Å². The van der Waals surface area contributed by atoms with Gasteiger partial charge in [0, 0.05) is 18.3 Å². The van der Waals surface area contributed by atoms with Gasteiger partial charge >= 0.3 is 0 Å². The van der Waals surface area contributed by atoms with E-state index in [4.69, 9.17) is 14.2 Å². The fraction of sp³-hybridized carbons (Fsp3) is 0.452. The summed E-state index contributed by atoms with van der Waals surface area (Å²) in [7, 11) is 0. The highest BCUT2D eigenvalue weighted by Crippen LogP contribution is 2.55. The van der Waals surface area contributed by atoms with Crippen molar-refractivity contribution < 1.29 is 28.6 Å². The Labute approximate surface area is 232 Å². The topological polar surface area (TPSA) is 106 Å². The molecule has 2 bridgehead atoms. The molecule has 4 heterocycles. The number of rotatable bonds is 6. The number of hydrogen-bond acceptors (Lipinski definition) is 6. The molecule has 2 N–H and O–H groups in total. The van der Waals surface area contributed by atoms with Crippen LogP contribution in [0, 0.1) is 18.8 Å². The number of hydrogen-bond donors (Lipinski definition) is 2. The van der Waals surface area contributed by atoms with Crippen LogP contribution in [-0.4, -0.2) is 53.2 Å². The highest BCUT2D eigenvalue weighted by molar-refractivity contribution is 6.02. The number of nitrogens with zero attached hydrogens (tertiary/aromatic N) is 1. The highest BCUT2D eigenvalue weighted by atomic mass is 16.7. The summed E-state index contributed by atoms with van der Waals surface area (Å²) in [6, 6.07) is 12.2. The van der Waals surface area contributed by atoms with Crippen molar-refractivity contribution >= 4 is 23.4 Å². The molecule has 2 aromatic carbocycles. The molecule has 208 valence electrons. The summed E-state index contributed by atoms with van der Waals surface area (Å²) >= 11 is 0. The van der Waals surface area contributed by atoms with Crippen molar-refractivity contribution in [1.82, 2.24) is 10.2 Å². The molecule has 2 saturated heterocycles. The Morgan fingerprint density at radius 1 is 1.00 bits per heavy atom. The Hall–Kier alpha value is -3.85. The Morgan fingerprint density at radius 2 is 1.77 bits per heavy atom. The van der Waals surface area contributed by atoms with E-state index in [0.29, 0.717) is 17.2 Å². The van der Waals surface area contributed by atoms with Crippen LogP contribution in [0.4, 0.5) is 5.69 Å². The molecule has 7 rings (SSSR count). The third-order valence-corrected chi connectivity index (χ3v) is 8.99. The van der Waals surface area contributed by atoms with E-state index < -0.39 is 29.6 Å². The molecule has 5 atom stereocenters. The van der Waals surface area contributed by atoms with Crippen LogP contribution in [-0.2, 0) is 25.7 Å². The lowest BCUT2D eigenvalue weighted by Crippen LogP contribution is -2.56. The van der Waals surface area contributed by atoms with Crippen LogP contribution in [0.3, 0.4) is 0 Å². The summed E-state index contributed by atoms with van der Waals surface area (Å²) in [5.41, 5.74) is 1.35. The second kappa shape index (κ2) is 9.66. The van der Waals surface area contributed by atoms with Gasteiger partial charge in [-0.1, -0.05) is 55.2 Å². The maximum atomic E-state index is 14.2. The predicted octanol–water partition coefficient (Wildman–Crippen LogP) is 3.46. The van der Waals surface area contributed by atoms with Crippen molar-refractivity contribution in [2.24, 2.45) is 11.8 Å². The smallest absolute Gasteiger partial charge is 0.246 e. The zero-order valence-electron chi connectivity index (χ0n) is 22.4. The Balaban J connectivity index is 1.21. The molecule has 1 saturated carbocycles. The van der Waals surface area contributed by atoms with Crippen molar-refractivity contribution in [3.63, 3.8) is 0 Å². The lowest BCUT2D eigenvalue weighted by atomic mass is 9.74. The standard InChI is InChI=1S/C31H33N3O6/c1-18-7-10-21(11-8-18)32-28(35)25-23-13-14-31(40-23)26(25)30(37)34(16-19-9-12-22-24(15-19)39-17-38-22)27(31)29(36)33-20-5-3-2-4-6-20/h7-15,20,23,25-27H,2-6,16-17H2,1H3,(H,32,35)(H,33,36). The Bertz CT molecular complexity index is 1380. The van der Waals surface area contributed by atoms with E-state index in [-0.39, 0.29) is 37.1 Å². The predicted molar refractivity (Wildman–Crippen MR) is 145 cm³/mol. The van der Waals surface area contributed by atoms with Gasteiger partial charge in [-0.05, 0) is 49.6 Å². The number of nitrogens with one attached hydrogen (secondary N) is 2. The van der Waals surface area contributed by atoms with E-state index in [0.717, 1.165) is 36.8 Å². The number of benzene rings is 2. The molecule has 0 aromatic heterocycles. The van der Waals surface area contributed by atoms with Gasteiger partial charge < -0.3 is 29.7 Å². The first-order valence-corrected chi connectivity index (χ1v) is 14.2. The molecule has 9 nitrogen and oxygen atoms in total. The molecule has 3 fully saturated rings. The normalized spacial score (nSPS) is 30.0. The average molecular weight is 544 g/mol. The van der Waals surface area contributed by atoms with Gasteiger partial charge in [0.05, 0.1) is 17.9 Å². The first-order chi connectivity index (χ1) is 19.4. The third kappa shape index (κ3) is 4.06. The molecule has 9 heteroatoms.